The van der Waals surface area contributed by atoms with Crippen molar-refractivity contribution in [3.63, 3.8) is 0 Å². The highest BCUT2D eigenvalue weighted by Crippen LogP contribution is 2.30. The topological polar surface area (TPSA) is 65.3 Å². The summed E-state index contributed by atoms with van der Waals surface area (Å²) >= 11 is 0. The monoisotopic (exact) mass is 411 g/mol. The summed E-state index contributed by atoms with van der Waals surface area (Å²) in [5.74, 6) is 1.85. The molecule has 5 rings (SSSR count). The van der Waals surface area contributed by atoms with Gasteiger partial charge in [-0.05, 0) is 17.7 Å². The summed E-state index contributed by atoms with van der Waals surface area (Å²) < 4.78 is 5.58. The molecule has 0 spiro atoms. The molecule has 3 heterocycles. The Morgan fingerprint density at radius 1 is 0.968 bits per heavy atom. The van der Waals surface area contributed by atoms with Crippen LogP contribution in [0, 0.1) is 11.3 Å². The van der Waals surface area contributed by atoms with Crippen LogP contribution in [0.4, 0.5) is 5.82 Å². The van der Waals surface area contributed by atoms with Crippen molar-refractivity contribution in [2.75, 3.05) is 37.7 Å². The molecule has 3 aromatic rings. The fourth-order valence-corrected chi connectivity index (χ4v) is 4.34. The first-order valence-electron chi connectivity index (χ1n) is 10.8. The number of benzene rings is 2. The quantitative estimate of drug-likeness (QED) is 0.656. The van der Waals surface area contributed by atoms with Crippen LogP contribution >= 0.6 is 0 Å². The molecule has 0 amide bonds. The molecule has 0 aliphatic carbocycles. The molecule has 1 aromatic heterocycles. The van der Waals surface area contributed by atoms with Gasteiger partial charge in [0.25, 0.3) is 0 Å². The molecule has 1 saturated heterocycles. The van der Waals surface area contributed by atoms with E-state index in [0.717, 1.165) is 80.8 Å². The molecule has 156 valence electrons. The van der Waals surface area contributed by atoms with Gasteiger partial charge in [-0.3, -0.25) is 4.90 Å². The molecule has 2 aliphatic heterocycles. The van der Waals surface area contributed by atoms with Crippen LogP contribution in [0.5, 0.6) is 0 Å². The number of aromatic nitrogens is 2. The number of rotatable bonds is 4. The van der Waals surface area contributed by atoms with E-state index < -0.39 is 0 Å². The SMILES string of the molecule is N#Cc1cccc(CN2CCc3nc(-c4ccccc4)nc(N4CCOCC4)c3C2)c1. The van der Waals surface area contributed by atoms with Crippen molar-refractivity contribution < 1.29 is 4.74 Å². The van der Waals surface area contributed by atoms with Crippen molar-refractivity contribution in [2.45, 2.75) is 19.5 Å². The summed E-state index contributed by atoms with van der Waals surface area (Å²) in [6.07, 6.45) is 0.896. The largest absolute Gasteiger partial charge is 0.378 e. The Morgan fingerprint density at radius 2 is 1.81 bits per heavy atom. The maximum atomic E-state index is 9.20. The summed E-state index contributed by atoms with van der Waals surface area (Å²) in [4.78, 5) is 14.8. The zero-order valence-corrected chi connectivity index (χ0v) is 17.5. The number of nitriles is 1. The number of fused-ring (bicyclic) bond motifs is 1. The minimum atomic E-state index is 0.708. The van der Waals surface area contributed by atoms with Gasteiger partial charge in [-0.15, -0.1) is 0 Å². The second-order valence-corrected chi connectivity index (χ2v) is 8.03. The Morgan fingerprint density at radius 3 is 2.61 bits per heavy atom. The van der Waals surface area contributed by atoms with E-state index in [0.29, 0.717) is 5.56 Å². The number of nitrogens with zero attached hydrogens (tertiary/aromatic N) is 5. The van der Waals surface area contributed by atoms with E-state index in [9.17, 15) is 5.26 Å². The van der Waals surface area contributed by atoms with Gasteiger partial charge in [0.15, 0.2) is 5.82 Å². The van der Waals surface area contributed by atoms with Crippen molar-refractivity contribution in [3.8, 4) is 17.5 Å². The smallest absolute Gasteiger partial charge is 0.161 e. The average molecular weight is 412 g/mol. The first-order chi connectivity index (χ1) is 15.3. The minimum absolute atomic E-state index is 0.708. The zero-order valence-electron chi connectivity index (χ0n) is 17.5. The molecule has 0 saturated carbocycles. The first-order valence-corrected chi connectivity index (χ1v) is 10.8. The van der Waals surface area contributed by atoms with Crippen molar-refractivity contribution in [1.29, 1.82) is 5.26 Å². The zero-order chi connectivity index (χ0) is 21.0. The average Bonchev–Trinajstić information content (AvgIpc) is 2.84. The van der Waals surface area contributed by atoms with Gasteiger partial charge in [-0.25, -0.2) is 9.97 Å². The molecular formula is C25H25N5O. The van der Waals surface area contributed by atoms with Gasteiger partial charge in [-0.1, -0.05) is 42.5 Å². The molecule has 31 heavy (non-hydrogen) atoms. The second-order valence-electron chi connectivity index (χ2n) is 8.03. The third-order valence-electron chi connectivity index (χ3n) is 5.92. The Kier molecular flexibility index (Phi) is 5.61. The summed E-state index contributed by atoms with van der Waals surface area (Å²) in [6, 6.07) is 20.3. The third-order valence-corrected chi connectivity index (χ3v) is 5.92. The molecule has 0 unspecified atom stereocenters. The Hall–Kier alpha value is -3.27. The lowest BCUT2D eigenvalue weighted by Crippen LogP contribution is -2.39. The van der Waals surface area contributed by atoms with Crippen molar-refractivity contribution in [3.05, 3.63) is 77.0 Å². The van der Waals surface area contributed by atoms with Crippen molar-refractivity contribution in [1.82, 2.24) is 14.9 Å². The van der Waals surface area contributed by atoms with E-state index in [1.165, 1.54) is 5.56 Å². The summed E-state index contributed by atoms with van der Waals surface area (Å²) in [7, 11) is 0. The maximum Gasteiger partial charge on any atom is 0.161 e. The molecule has 6 heteroatoms. The highest BCUT2D eigenvalue weighted by molar-refractivity contribution is 5.61. The van der Waals surface area contributed by atoms with Gasteiger partial charge in [0.2, 0.25) is 0 Å². The number of morpholine rings is 1. The van der Waals surface area contributed by atoms with Gasteiger partial charge < -0.3 is 9.64 Å². The molecular weight excluding hydrogens is 386 g/mol. The molecule has 0 radical (unpaired) electrons. The number of anilines is 1. The van der Waals surface area contributed by atoms with Crippen LogP contribution in [-0.2, 0) is 24.2 Å². The van der Waals surface area contributed by atoms with Crippen molar-refractivity contribution >= 4 is 5.82 Å². The van der Waals surface area contributed by atoms with Crippen LogP contribution in [-0.4, -0.2) is 47.7 Å². The molecule has 0 bridgehead atoms. The Bertz CT molecular complexity index is 1100. The second kappa shape index (κ2) is 8.84. The molecule has 1 fully saturated rings. The van der Waals surface area contributed by atoms with E-state index in [1.807, 2.05) is 36.4 Å². The molecule has 0 atom stereocenters. The van der Waals surface area contributed by atoms with Gasteiger partial charge in [0, 0.05) is 50.3 Å². The normalized spacial score (nSPS) is 16.5. The lowest BCUT2D eigenvalue weighted by Gasteiger charge is -2.34. The van der Waals surface area contributed by atoms with E-state index in [-0.39, 0.29) is 0 Å². The summed E-state index contributed by atoms with van der Waals surface area (Å²) in [5, 5.41) is 9.20. The molecule has 2 aliphatic rings. The summed E-state index contributed by atoms with van der Waals surface area (Å²) in [5.41, 5.74) is 5.30. The Balaban J connectivity index is 1.47. The fraction of sp³-hybridized carbons (Fsp3) is 0.320. The minimum Gasteiger partial charge on any atom is -0.378 e. The summed E-state index contributed by atoms with van der Waals surface area (Å²) in [6.45, 7) is 5.72. The van der Waals surface area contributed by atoms with Crippen LogP contribution in [0.3, 0.4) is 0 Å². The highest BCUT2D eigenvalue weighted by atomic mass is 16.5. The molecule has 0 N–H and O–H groups in total. The van der Waals surface area contributed by atoms with Crippen LogP contribution in [0.1, 0.15) is 22.4 Å². The highest BCUT2D eigenvalue weighted by Gasteiger charge is 2.26. The van der Waals surface area contributed by atoms with Crippen LogP contribution in [0.25, 0.3) is 11.4 Å². The number of ether oxygens (including phenoxy) is 1. The van der Waals surface area contributed by atoms with Crippen LogP contribution in [0.15, 0.2) is 54.6 Å². The van der Waals surface area contributed by atoms with Gasteiger partial charge in [0.1, 0.15) is 5.82 Å². The predicted molar refractivity (Wildman–Crippen MR) is 119 cm³/mol. The van der Waals surface area contributed by atoms with Gasteiger partial charge in [-0.2, -0.15) is 5.26 Å². The van der Waals surface area contributed by atoms with E-state index >= 15 is 0 Å². The lowest BCUT2D eigenvalue weighted by atomic mass is 10.0. The van der Waals surface area contributed by atoms with Crippen LogP contribution < -0.4 is 4.90 Å². The fourth-order valence-electron chi connectivity index (χ4n) is 4.34. The molecule has 6 nitrogen and oxygen atoms in total. The maximum absolute atomic E-state index is 9.20. The van der Waals surface area contributed by atoms with E-state index in [2.05, 4.69) is 34.1 Å². The van der Waals surface area contributed by atoms with Gasteiger partial charge >= 0.3 is 0 Å². The standard InChI is InChI=1S/C25H25N5O/c26-16-19-5-4-6-20(15-19)17-29-10-9-23-22(18-29)25(30-11-13-31-14-12-30)28-24(27-23)21-7-2-1-3-8-21/h1-8,15H,9-14,17-18H2. The van der Waals surface area contributed by atoms with Crippen LogP contribution in [0.2, 0.25) is 0 Å². The first kappa shape index (κ1) is 19.7. The molecule has 2 aromatic carbocycles. The lowest BCUT2D eigenvalue weighted by molar-refractivity contribution is 0.122. The predicted octanol–water partition coefficient (Wildman–Crippen LogP) is 3.41. The van der Waals surface area contributed by atoms with Crippen molar-refractivity contribution in [2.24, 2.45) is 0 Å². The Labute approximate surface area is 182 Å². The number of hydrogen-bond acceptors (Lipinski definition) is 6. The van der Waals surface area contributed by atoms with E-state index in [1.54, 1.807) is 0 Å². The van der Waals surface area contributed by atoms with Gasteiger partial charge in [0.05, 0.1) is 30.5 Å². The van der Waals surface area contributed by atoms with E-state index in [4.69, 9.17) is 14.7 Å². The third kappa shape index (κ3) is 4.29. The number of hydrogen-bond donors (Lipinski definition) is 0.